The molecule has 18 heavy (non-hydrogen) atoms. The van der Waals surface area contributed by atoms with E-state index in [-0.39, 0.29) is 6.04 Å². The molecule has 1 heterocycles. The molecule has 94 valence electrons. The molecule has 1 aromatic carbocycles. The monoisotopic (exact) mass is 242 g/mol. The Morgan fingerprint density at radius 1 is 1.22 bits per heavy atom. The molecule has 0 saturated heterocycles. The second-order valence-electron chi connectivity index (χ2n) is 4.51. The molecular weight excluding hydrogens is 224 g/mol. The molecular formula is C15H18N2O. The average Bonchev–Trinajstić information content (AvgIpc) is 2.39. The van der Waals surface area contributed by atoms with Crippen molar-refractivity contribution in [2.24, 2.45) is 0 Å². The van der Waals surface area contributed by atoms with Crippen LogP contribution in [0.2, 0.25) is 0 Å². The van der Waals surface area contributed by atoms with Crippen LogP contribution in [0.3, 0.4) is 0 Å². The highest BCUT2D eigenvalue weighted by Crippen LogP contribution is 2.23. The van der Waals surface area contributed by atoms with Crippen LogP contribution in [-0.4, -0.2) is 22.0 Å². The summed E-state index contributed by atoms with van der Waals surface area (Å²) in [5.41, 5.74) is 2.15. The molecule has 0 aliphatic rings. The molecule has 0 aliphatic heterocycles. The summed E-state index contributed by atoms with van der Waals surface area (Å²) in [5, 5.41) is 9.50. The van der Waals surface area contributed by atoms with Gasteiger partial charge in [-0.05, 0) is 43.8 Å². The summed E-state index contributed by atoms with van der Waals surface area (Å²) in [6, 6.07) is 13.6. The minimum Gasteiger partial charge on any atom is -0.508 e. The van der Waals surface area contributed by atoms with Crippen molar-refractivity contribution in [2.75, 3.05) is 7.05 Å². The standard InChI is InChI=1S/C15H18N2O/c1-12(13-6-5-8-15(18)10-13)17(2)11-14-7-3-4-9-16-14/h3-10,12,18H,11H2,1-2H3/t12-/m0/s1. The first-order chi connectivity index (χ1) is 8.66. The summed E-state index contributed by atoms with van der Waals surface area (Å²) in [6.07, 6.45) is 1.81. The van der Waals surface area contributed by atoms with E-state index in [1.165, 1.54) is 0 Å². The van der Waals surface area contributed by atoms with Crippen molar-refractivity contribution >= 4 is 0 Å². The van der Waals surface area contributed by atoms with Gasteiger partial charge in [0.05, 0.1) is 5.69 Å². The predicted molar refractivity (Wildman–Crippen MR) is 72.2 cm³/mol. The van der Waals surface area contributed by atoms with E-state index >= 15 is 0 Å². The SMILES string of the molecule is C[C@@H](c1cccc(O)c1)N(C)Cc1ccccn1. The number of phenolic OH excluding ortho intramolecular Hbond substituents is 1. The summed E-state index contributed by atoms with van der Waals surface area (Å²) >= 11 is 0. The molecule has 0 spiro atoms. The Hall–Kier alpha value is -1.87. The zero-order chi connectivity index (χ0) is 13.0. The Morgan fingerprint density at radius 2 is 2.06 bits per heavy atom. The molecule has 0 radical (unpaired) electrons. The summed E-state index contributed by atoms with van der Waals surface area (Å²) in [5.74, 6) is 0.311. The molecule has 1 aromatic heterocycles. The Bertz CT molecular complexity index is 499. The number of benzene rings is 1. The van der Waals surface area contributed by atoms with Gasteiger partial charge in [0.2, 0.25) is 0 Å². The van der Waals surface area contributed by atoms with E-state index in [1.54, 1.807) is 12.1 Å². The quantitative estimate of drug-likeness (QED) is 0.895. The van der Waals surface area contributed by atoms with Crippen LogP contribution in [0, 0.1) is 0 Å². The lowest BCUT2D eigenvalue weighted by Crippen LogP contribution is -2.22. The van der Waals surface area contributed by atoms with Crippen molar-refractivity contribution < 1.29 is 5.11 Å². The highest BCUT2D eigenvalue weighted by molar-refractivity contribution is 5.29. The van der Waals surface area contributed by atoms with E-state index in [0.717, 1.165) is 17.8 Å². The Morgan fingerprint density at radius 3 is 2.72 bits per heavy atom. The van der Waals surface area contributed by atoms with Crippen molar-refractivity contribution in [3.8, 4) is 5.75 Å². The number of rotatable bonds is 4. The first kappa shape index (κ1) is 12.6. The molecule has 0 amide bonds. The number of pyridine rings is 1. The van der Waals surface area contributed by atoms with E-state index in [2.05, 4.69) is 23.9 Å². The molecule has 1 N–H and O–H groups in total. The van der Waals surface area contributed by atoms with Gasteiger partial charge in [-0.1, -0.05) is 18.2 Å². The second kappa shape index (κ2) is 5.65. The molecule has 0 fully saturated rings. The average molecular weight is 242 g/mol. The third kappa shape index (κ3) is 3.08. The maximum Gasteiger partial charge on any atom is 0.115 e. The van der Waals surface area contributed by atoms with Crippen molar-refractivity contribution in [3.05, 3.63) is 59.9 Å². The van der Waals surface area contributed by atoms with Gasteiger partial charge >= 0.3 is 0 Å². The van der Waals surface area contributed by atoms with E-state index in [1.807, 2.05) is 36.5 Å². The van der Waals surface area contributed by atoms with Gasteiger partial charge in [-0.3, -0.25) is 9.88 Å². The van der Waals surface area contributed by atoms with E-state index in [0.29, 0.717) is 5.75 Å². The fraction of sp³-hybridized carbons (Fsp3) is 0.267. The number of aromatic hydroxyl groups is 1. The second-order valence-corrected chi connectivity index (χ2v) is 4.51. The van der Waals surface area contributed by atoms with Crippen molar-refractivity contribution in [1.29, 1.82) is 0 Å². The number of aromatic nitrogens is 1. The van der Waals surface area contributed by atoms with Gasteiger partial charge in [-0.15, -0.1) is 0 Å². The first-order valence-corrected chi connectivity index (χ1v) is 6.06. The molecule has 0 saturated carbocycles. The van der Waals surface area contributed by atoms with Crippen LogP contribution < -0.4 is 0 Å². The third-order valence-corrected chi connectivity index (χ3v) is 3.15. The van der Waals surface area contributed by atoms with Crippen molar-refractivity contribution in [3.63, 3.8) is 0 Å². The largest absolute Gasteiger partial charge is 0.508 e. The number of hydrogen-bond donors (Lipinski definition) is 1. The maximum absolute atomic E-state index is 9.50. The van der Waals surface area contributed by atoms with Crippen LogP contribution in [0.25, 0.3) is 0 Å². The van der Waals surface area contributed by atoms with Gasteiger partial charge in [0.25, 0.3) is 0 Å². The zero-order valence-electron chi connectivity index (χ0n) is 10.7. The van der Waals surface area contributed by atoms with E-state index < -0.39 is 0 Å². The molecule has 2 aromatic rings. The molecule has 3 heteroatoms. The van der Waals surface area contributed by atoms with Crippen LogP contribution in [0.1, 0.15) is 24.2 Å². The lowest BCUT2D eigenvalue weighted by atomic mass is 10.1. The van der Waals surface area contributed by atoms with Crippen LogP contribution in [0.15, 0.2) is 48.7 Å². The lowest BCUT2D eigenvalue weighted by molar-refractivity contribution is 0.249. The number of hydrogen-bond acceptors (Lipinski definition) is 3. The van der Waals surface area contributed by atoms with Crippen LogP contribution in [0.5, 0.6) is 5.75 Å². The van der Waals surface area contributed by atoms with Gasteiger partial charge in [0, 0.05) is 18.8 Å². The Balaban J connectivity index is 2.07. The number of phenols is 1. The van der Waals surface area contributed by atoms with Crippen LogP contribution in [0.4, 0.5) is 0 Å². The van der Waals surface area contributed by atoms with Crippen molar-refractivity contribution in [2.45, 2.75) is 19.5 Å². The van der Waals surface area contributed by atoms with Gasteiger partial charge in [0.1, 0.15) is 5.75 Å². The molecule has 2 rings (SSSR count). The lowest BCUT2D eigenvalue weighted by Gasteiger charge is -2.24. The van der Waals surface area contributed by atoms with Gasteiger partial charge in [0.15, 0.2) is 0 Å². The zero-order valence-corrected chi connectivity index (χ0v) is 10.7. The summed E-state index contributed by atoms with van der Waals surface area (Å²) in [4.78, 5) is 6.53. The fourth-order valence-electron chi connectivity index (χ4n) is 1.92. The molecule has 1 atom stereocenters. The van der Waals surface area contributed by atoms with E-state index in [9.17, 15) is 5.11 Å². The van der Waals surface area contributed by atoms with E-state index in [4.69, 9.17) is 0 Å². The van der Waals surface area contributed by atoms with Crippen LogP contribution >= 0.6 is 0 Å². The molecule has 0 aliphatic carbocycles. The molecule has 0 unspecified atom stereocenters. The topological polar surface area (TPSA) is 36.4 Å². The maximum atomic E-state index is 9.50. The van der Waals surface area contributed by atoms with Crippen molar-refractivity contribution in [1.82, 2.24) is 9.88 Å². The van der Waals surface area contributed by atoms with Gasteiger partial charge < -0.3 is 5.11 Å². The first-order valence-electron chi connectivity index (χ1n) is 6.06. The van der Waals surface area contributed by atoms with Crippen LogP contribution in [-0.2, 0) is 6.54 Å². The smallest absolute Gasteiger partial charge is 0.115 e. The minimum atomic E-state index is 0.235. The normalized spacial score (nSPS) is 12.6. The predicted octanol–water partition coefficient (Wildman–Crippen LogP) is 2.98. The Kier molecular flexibility index (Phi) is 3.95. The summed E-state index contributed by atoms with van der Waals surface area (Å²) < 4.78 is 0. The molecule has 0 bridgehead atoms. The fourth-order valence-corrected chi connectivity index (χ4v) is 1.92. The Labute approximate surface area is 108 Å². The summed E-state index contributed by atoms with van der Waals surface area (Å²) in [6.45, 7) is 2.91. The minimum absolute atomic E-state index is 0.235. The highest BCUT2D eigenvalue weighted by Gasteiger charge is 2.12. The molecule has 3 nitrogen and oxygen atoms in total. The highest BCUT2D eigenvalue weighted by atomic mass is 16.3. The van der Waals surface area contributed by atoms with Gasteiger partial charge in [-0.25, -0.2) is 0 Å². The third-order valence-electron chi connectivity index (χ3n) is 3.15. The summed E-state index contributed by atoms with van der Waals surface area (Å²) in [7, 11) is 2.06. The van der Waals surface area contributed by atoms with Gasteiger partial charge in [-0.2, -0.15) is 0 Å². The number of nitrogens with zero attached hydrogens (tertiary/aromatic N) is 2.